The smallest absolute Gasteiger partial charge is 0.229 e. The number of carbonyl (C=O) groups excluding carboxylic acids is 1. The van der Waals surface area contributed by atoms with Gasteiger partial charge in [-0.25, -0.2) is 0 Å². The van der Waals surface area contributed by atoms with Crippen LogP contribution >= 0.6 is 23.2 Å². The van der Waals surface area contributed by atoms with Crippen molar-refractivity contribution in [3.8, 4) is 0 Å². The number of carbonyl (C=O) groups is 1. The monoisotopic (exact) mass is 258 g/mol. The molecule has 1 fully saturated rings. The van der Waals surface area contributed by atoms with Crippen molar-refractivity contribution in [3.63, 3.8) is 0 Å². The molecular formula is C11H12Cl2N2O. The number of hydrogen-bond donors (Lipinski definition) is 1. The first-order chi connectivity index (χ1) is 7.46. The van der Waals surface area contributed by atoms with Gasteiger partial charge in [-0.1, -0.05) is 6.07 Å². The van der Waals surface area contributed by atoms with Gasteiger partial charge in [0.15, 0.2) is 0 Å². The number of halogens is 2. The maximum absolute atomic E-state index is 11.8. The molecule has 1 heterocycles. The minimum Gasteiger partial charge on any atom is -0.351 e. The van der Waals surface area contributed by atoms with Crippen molar-refractivity contribution in [2.75, 3.05) is 0 Å². The summed E-state index contributed by atoms with van der Waals surface area (Å²) in [5, 5.41) is 2.81. The lowest BCUT2D eigenvalue weighted by atomic mass is 10.1. The van der Waals surface area contributed by atoms with E-state index in [1.807, 2.05) is 12.1 Å². The summed E-state index contributed by atoms with van der Waals surface area (Å²) < 4.78 is -0.911. The number of pyridine rings is 1. The minimum atomic E-state index is -0.911. The van der Waals surface area contributed by atoms with Gasteiger partial charge in [0.2, 0.25) is 5.91 Å². The molecule has 86 valence electrons. The fraction of sp³-hybridized carbons (Fsp3) is 0.455. The van der Waals surface area contributed by atoms with E-state index < -0.39 is 9.75 Å². The van der Waals surface area contributed by atoms with Gasteiger partial charge in [-0.3, -0.25) is 9.78 Å². The highest BCUT2D eigenvalue weighted by molar-refractivity contribution is 6.53. The van der Waals surface area contributed by atoms with Crippen LogP contribution in [0.4, 0.5) is 0 Å². The van der Waals surface area contributed by atoms with Gasteiger partial charge < -0.3 is 5.32 Å². The molecule has 1 saturated carbocycles. The number of aromatic nitrogens is 1. The highest BCUT2D eigenvalue weighted by Crippen LogP contribution is 2.63. The van der Waals surface area contributed by atoms with Crippen LogP contribution in [-0.4, -0.2) is 15.2 Å². The molecule has 0 aromatic carbocycles. The van der Waals surface area contributed by atoms with Crippen LogP contribution in [0, 0.1) is 5.41 Å². The Kier molecular flexibility index (Phi) is 2.84. The Morgan fingerprint density at radius 3 is 2.81 bits per heavy atom. The average Bonchev–Trinajstić information content (AvgIpc) is 2.78. The van der Waals surface area contributed by atoms with Gasteiger partial charge in [-0.05, 0) is 25.0 Å². The first-order valence-electron chi connectivity index (χ1n) is 5.01. The summed E-state index contributed by atoms with van der Waals surface area (Å²) in [5.41, 5.74) is 0.299. The summed E-state index contributed by atoms with van der Waals surface area (Å²) in [7, 11) is 0. The standard InChI is InChI=1S/C11H12Cl2N2O/c1-10(7-11(10,12)13)9(16)15-6-8-3-2-4-14-5-8/h2-5H,6-7H2,1H3,(H,15,16)/t10-/m0/s1. The van der Waals surface area contributed by atoms with E-state index in [0.29, 0.717) is 13.0 Å². The number of amides is 1. The third kappa shape index (κ3) is 2.02. The maximum Gasteiger partial charge on any atom is 0.229 e. The molecule has 0 saturated heterocycles. The van der Waals surface area contributed by atoms with Gasteiger partial charge in [0, 0.05) is 18.9 Å². The Balaban J connectivity index is 1.91. The minimum absolute atomic E-state index is 0.110. The van der Waals surface area contributed by atoms with Crippen molar-refractivity contribution in [2.24, 2.45) is 5.41 Å². The van der Waals surface area contributed by atoms with Crippen LogP contribution in [0.5, 0.6) is 0 Å². The molecule has 16 heavy (non-hydrogen) atoms. The van der Waals surface area contributed by atoms with Crippen LogP contribution in [0.3, 0.4) is 0 Å². The zero-order valence-electron chi connectivity index (χ0n) is 8.84. The summed E-state index contributed by atoms with van der Waals surface area (Å²) in [6, 6.07) is 3.73. The fourth-order valence-corrected chi connectivity index (χ4v) is 2.23. The third-order valence-electron chi connectivity index (χ3n) is 2.93. The highest BCUT2D eigenvalue weighted by atomic mass is 35.5. The number of hydrogen-bond acceptors (Lipinski definition) is 2. The SMILES string of the molecule is C[C@@]1(C(=O)NCc2cccnc2)CC1(Cl)Cl. The Labute approximate surface area is 104 Å². The summed E-state index contributed by atoms with van der Waals surface area (Å²) in [4.78, 5) is 15.8. The van der Waals surface area contributed by atoms with Crippen molar-refractivity contribution in [1.82, 2.24) is 10.3 Å². The van der Waals surface area contributed by atoms with Crippen molar-refractivity contribution in [2.45, 2.75) is 24.2 Å². The van der Waals surface area contributed by atoms with Gasteiger partial charge in [0.05, 0.1) is 5.41 Å². The van der Waals surface area contributed by atoms with E-state index in [1.165, 1.54) is 0 Å². The summed E-state index contributed by atoms with van der Waals surface area (Å²) >= 11 is 11.8. The Bertz CT molecular complexity index is 408. The maximum atomic E-state index is 11.8. The quantitative estimate of drug-likeness (QED) is 0.846. The topological polar surface area (TPSA) is 42.0 Å². The highest BCUT2D eigenvalue weighted by Gasteiger charge is 2.67. The molecule has 0 radical (unpaired) electrons. The number of nitrogens with zero attached hydrogens (tertiary/aromatic N) is 1. The molecular weight excluding hydrogens is 247 g/mol. The van der Waals surface area contributed by atoms with Crippen molar-refractivity contribution < 1.29 is 4.79 Å². The molecule has 0 bridgehead atoms. The molecule has 5 heteroatoms. The fourth-order valence-electron chi connectivity index (χ4n) is 1.53. The van der Waals surface area contributed by atoms with Crippen LogP contribution in [-0.2, 0) is 11.3 Å². The van der Waals surface area contributed by atoms with Crippen LogP contribution in [0.15, 0.2) is 24.5 Å². The van der Waals surface area contributed by atoms with E-state index in [2.05, 4.69) is 10.3 Å². The first-order valence-corrected chi connectivity index (χ1v) is 5.76. The lowest BCUT2D eigenvalue weighted by molar-refractivity contribution is -0.125. The number of nitrogens with one attached hydrogen (secondary N) is 1. The lowest BCUT2D eigenvalue weighted by Crippen LogP contribution is -2.32. The van der Waals surface area contributed by atoms with E-state index >= 15 is 0 Å². The molecule has 0 unspecified atom stereocenters. The average molecular weight is 259 g/mol. The van der Waals surface area contributed by atoms with Gasteiger partial charge in [-0.15, -0.1) is 23.2 Å². The first kappa shape index (κ1) is 11.7. The zero-order chi connectivity index (χ0) is 11.8. The molecule has 2 rings (SSSR count). The molecule has 1 aliphatic carbocycles. The second-order valence-corrected chi connectivity index (χ2v) is 5.74. The summed E-state index contributed by atoms with van der Waals surface area (Å²) in [6.07, 6.45) is 3.90. The Morgan fingerprint density at radius 2 is 2.31 bits per heavy atom. The Hall–Kier alpha value is -0.800. The lowest BCUT2D eigenvalue weighted by Gasteiger charge is -2.12. The van der Waals surface area contributed by atoms with Gasteiger partial charge in [0.25, 0.3) is 0 Å². The zero-order valence-corrected chi connectivity index (χ0v) is 10.3. The van der Waals surface area contributed by atoms with Crippen LogP contribution < -0.4 is 5.32 Å². The van der Waals surface area contributed by atoms with Crippen molar-refractivity contribution in [1.29, 1.82) is 0 Å². The van der Waals surface area contributed by atoms with Crippen LogP contribution in [0.25, 0.3) is 0 Å². The summed E-state index contributed by atoms with van der Waals surface area (Å²) in [5.74, 6) is -0.110. The van der Waals surface area contributed by atoms with Gasteiger partial charge in [0.1, 0.15) is 4.33 Å². The predicted octanol–water partition coefficient (Wildman–Crippen LogP) is 2.28. The molecule has 1 aromatic rings. The largest absolute Gasteiger partial charge is 0.351 e. The molecule has 1 N–H and O–H groups in total. The number of alkyl halides is 2. The van der Waals surface area contributed by atoms with Gasteiger partial charge >= 0.3 is 0 Å². The van der Waals surface area contributed by atoms with Crippen molar-refractivity contribution in [3.05, 3.63) is 30.1 Å². The second kappa shape index (κ2) is 3.90. The molecule has 1 amide bonds. The summed E-state index contributed by atoms with van der Waals surface area (Å²) in [6.45, 7) is 2.22. The van der Waals surface area contributed by atoms with E-state index in [0.717, 1.165) is 5.56 Å². The normalized spacial score (nSPS) is 26.2. The molecule has 0 aliphatic heterocycles. The molecule has 3 nitrogen and oxygen atoms in total. The molecule has 1 aliphatic rings. The number of rotatable bonds is 3. The van der Waals surface area contributed by atoms with Crippen LogP contribution in [0.2, 0.25) is 0 Å². The van der Waals surface area contributed by atoms with E-state index in [-0.39, 0.29) is 5.91 Å². The predicted molar refractivity (Wildman–Crippen MR) is 63.2 cm³/mol. The molecule has 1 aromatic heterocycles. The van der Waals surface area contributed by atoms with E-state index in [4.69, 9.17) is 23.2 Å². The second-order valence-electron chi connectivity index (χ2n) is 4.26. The van der Waals surface area contributed by atoms with Crippen molar-refractivity contribution >= 4 is 29.1 Å². The van der Waals surface area contributed by atoms with Gasteiger partial charge in [-0.2, -0.15) is 0 Å². The van der Waals surface area contributed by atoms with Crippen LogP contribution in [0.1, 0.15) is 18.9 Å². The van der Waals surface area contributed by atoms with E-state index in [9.17, 15) is 4.79 Å². The third-order valence-corrected chi connectivity index (χ3v) is 4.04. The Morgan fingerprint density at radius 1 is 1.62 bits per heavy atom. The molecule has 0 spiro atoms. The molecule has 1 atom stereocenters. The van der Waals surface area contributed by atoms with E-state index in [1.54, 1.807) is 19.3 Å².